The average Bonchev–Trinajstić information content (AvgIpc) is 3.18. The summed E-state index contributed by atoms with van der Waals surface area (Å²) in [5.74, 6) is 0.512. The minimum atomic E-state index is -0.195. The summed E-state index contributed by atoms with van der Waals surface area (Å²) >= 11 is 1.44. The highest BCUT2D eigenvalue weighted by Gasteiger charge is 2.29. The predicted molar refractivity (Wildman–Crippen MR) is 83.7 cm³/mol. The summed E-state index contributed by atoms with van der Waals surface area (Å²) in [6.07, 6.45) is 4.22. The van der Waals surface area contributed by atoms with Crippen LogP contribution in [0, 0.1) is 6.92 Å². The van der Waals surface area contributed by atoms with Crippen molar-refractivity contribution in [2.24, 2.45) is 0 Å². The van der Waals surface area contributed by atoms with E-state index in [4.69, 9.17) is 4.74 Å². The maximum Gasteiger partial charge on any atom is 0.270 e. The van der Waals surface area contributed by atoms with Crippen LogP contribution in [0.1, 0.15) is 58.0 Å². The van der Waals surface area contributed by atoms with Crippen molar-refractivity contribution in [2.75, 3.05) is 18.5 Å². The number of aromatic nitrogens is 5. The van der Waals surface area contributed by atoms with Gasteiger partial charge in [-0.05, 0) is 43.0 Å². The molecule has 1 aliphatic heterocycles. The van der Waals surface area contributed by atoms with E-state index in [1.807, 2.05) is 6.92 Å². The van der Waals surface area contributed by atoms with E-state index in [1.165, 1.54) is 11.3 Å². The van der Waals surface area contributed by atoms with Crippen molar-refractivity contribution >= 4 is 23.2 Å². The van der Waals surface area contributed by atoms with Crippen molar-refractivity contribution in [2.45, 2.75) is 44.6 Å². The van der Waals surface area contributed by atoms with Crippen LogP contribution >= 0.6 is 11.3 Å². The molecule has 2 aliphatic rings. The van der Waals surface area contributed by atoms with Gasteiger partial charge in [-0.15, -0.1) is 11.3 Å². The number of carbonyl (C=O) groups excluding carboxylic acids is 1. The summed E-state index contributed by atoms with van der Waals surface area (Å²) in [6, 6.07) is 0.317. The van der Waals surface area contributed by atoms with Crippen LogP contribution in [0.2, 0.25) is 0 Å². The number of anilines is 1. The van der Waals surface area contributed by atoms with Gasteiger partial charge in [0.1, 0.15) is 4.88 Å². The normalized spacial score (nSPS) is 21.3. The smallest absolute Gasteiger partial charge is 0.270 e. The van der Waals surface area contributed by atoms with Gasteiger partial charge >= 0.3 is 0 Å². The third-order valence-electron chi connectivity index (χ3n) is 4.14. The number of nitrogens with zero attached hydrogens (tertiary/aromatic N) is 5. The van der Waals surface area contributed by atoms with Gasteiger partial charge in [0.15, 0.2) is 0 Å². The second-order valence-electron chi connectivity index (χ2n) is 6.01. The van der Waals surface area contributed by atoms with Gasteiger partial charge in [-0.2, -0.15) is 0 Å². The van der Waals surface area contributed by atoms with E-state index >= 15 is 0 Å². The number of thiazole rings is 1. The molecule has 1 saturated carbocycles. The lowest BCUT2D eigenvalue weighted by Gasteiger charge is -2.19. The van der Waals surface area contributed by atoms with Crippen molar-refractivity contribution in [3.63, 3.8) is 0 Å². The molecule has 1 amide bonds. The van der Waals surface area contributed by atoms with Crippen molar-refractivity contribution in [3.05, 3.63) is 15.6 Å². The fourth-order valence-electron chi connectivity index (χ4n) is 2.74. The standard InChI is InChI=1S/C14H18N6O2S/c1-8-11(23-13(15-8)9-3-2-6-22-7-9)12(21)16-14-17-18-19-20(14)10-4-5-10/h9-10H,2-7H2,1H3,(H,16,17,19,21). The molecule has 0 bridgehead atoms. The Morgan fingerprint density at radius 3 is 3.00 bits per heavy atom. The molecule has 23 heavy (non-hydrogen) atoms. The predicted octanol–water partition coefficient (Wildman–Crippen LogP) is 1.92. The second-order valence-corrected chi connectivity index (χ2v) is 7.04. The first kappa shape index (κ1) is 14.7. The monoisotopic (exact) mass is 334 g/mol. The number of tetrazole rings is 1. The van der Waals surface area contributed by atoms with Crippen LogP contribution < -0.4 is 5.32 Å². The fraction of sp³-hybridized carbons (Fsp3) is 0.643. The molecule has 9 heteroatoms. The van der Waals surface area contributed by atoms with Crippen LogP contribution in [0.3, 0.4) is 0 Å². The summed E-state index contributed by atoms with van der Waals surface area (Å²) in [4.78, 5) is 17.7. The summed E-state index contributed by atoms with van der Waals surface area (Å²) in [5, 5.41) is 15.3. The van der Waals surface area contributed by atoms with Gasteiger partial charge in [0.25, 0.3) is 5.91 Å². The summed E-state index contributed by atoms with van der Waals surface area (Å²) in [7, 11) is 0. The summed E-state index contributed by atoms with van der Waals surface area (Å²) in [5.41, 5.74) is 0.749. The number of ether oxygens (including phenoxy) is 1. The van der Waals surface area contributed by atoms with Crippen molar-refractivity contribution in [3.8, 4) is 0 Å². The molecule has 3 heterocycles. The Labute approximate surface area is 137 Å². The number of carbonyl (C=O) groups is 1. The maximum absolute atomic E-state index is 12.5. The summed E-state index contributed by atoms with van der Waals surface area (Å²) in [6.45, 7) is 3.37. The molecular weight excluding hydrogens is 316 g/mol. The summed E-state index contributed by atoms with van der Waals surface area (Å²) < 4.78 is 7.20. The number of aryl methyl sites for hydroxylation is 1. The number of hydrogen-bond donors (Lipinski definition) is 1. The lowest BCUT2D eigenvalue weighted by Crippen LogP contribution is -2.16. The zero-order valence-electron chi connectivity index (χ0n) is 12.9. The van der Waals surface area contributed by atoms with Crippen LogP contribution in [-0.2, 0) is 4.74 Å². The molecule has 1 unspecified atom stereocenters. The highest BCUT2D eigenvalue weighted by Crippen LogP contribution is 2.36. The number of nitrogens with one attached hydrogen (secondary N) is 1. The molecule has 0 aromatic carbocycles. The van der Waals surface area contributed by atoms with Gasteiger partial charge in [0.2, 0.25) is 5.95 Å². The molecule has 2 fully saturated rings. The van der Waals surface area contributed by atoms with E-state index in [0.29, 0.717) is 29.4 Å². The van der Waals surface area contributed by atoms with E-state index in [1.54, 1.807) is 4.68 Å². The topological polar surface area (TPSA) is 94.8 Å². The van der Waals surface area contributed by atoms with Gasteiger partial charge in [-0.25, -0.2) is 9.67 Å². The molecule has 1 N–H and O–H groups in total. The third-order valence-corrected chi connectivity index (χ3v) is 5.46. The highest BCUT2D eigenvalue weighted by atomic mass is 32.1. The average molecular weight is 334 g/mol. The minimum absolute atomic E-state index is 0.195. The van der Waals surface area contributed by atoms with Gasteiger partial charge in [0.05, 0.1) is 23.4 Å². The maximum atomic E-state index is 12.5. The van der Waals surface area contributed by atoms with E-state index in [2.05, 4.69) is 25.8 Å². The van der Waals surface area contributed by atoms with E-state index < -0.39 is 0 Å². The molecule has 8 nitrogen and oxygen atoms in total. The first-order valence-electron chi connectivity index (χ1n) is 7.86. The zero-order valence-corrected chi connectivity index (χ0v) is 13.7. The van der Waals surface area contributed by atoms with Crippen LogP contribution in [-0.4, -0.2) is 44.3 Å². The lowest BCUT2D eigenvalue weighted by molar-refractivity contribution is 0.0803. The largest absolute Gasteiger partial charge is 0.381 e. The van der Waals surface area contributed by atoms with Crippen LogP contribution in [0.4, 0.5) is 5.95 Å². The third kappa shape index (κ3) is 2.98. The van der Waals surface area contributed by atoms with Gasteiger partial charge in [0, 0.05) is 12.5 Å². The molecule has 1 atom stereocenters. The molecule has 122 valence electrons. The van der Waals surface area contributed by atoms with E-state index in [-0.39, 0.29) is 5.91 Å². The minimum Gasteiger partial charge on any atom is -0.381 e. The number of amides is 1. The molecule has 0 radical (unpaired) electrons. The molecule has 1 aliphatic carbocycles. The van der Waals surface area contributed by atoms with Gasteiger partial charge < -0.3 is 4.74 Å². The molecule has 2 aromatic rings. The Kier molecular flexibility index (Phi) is 3.82. The second kappa shape index (κ2) is 5.97. The van der Waals surface area contributed by atoms with Gasteiger partial charge in [-0.1, -0.05) is 5.10 Å². The number of rotatable bonds is 4. The van der Waals surface area contributed by atoms with Crippen molar-refractivity contribution in [1.82, 2.24) is 25.2 Å². The fourth-order valence-corrected chi connectivity index (χ4v) is 3.82. The quantitative estimate of drug-likeness (QED) is 0.918. The molecule has 0 spiro atoms. The highest BCUT2D eigenvalue weighted by molar-refractivity contribution is 7.14. The molecular formula is C14H18N6O2S. The van der Waals surface area contributed by atoms with Gasteiger partial charge in [-0.3, -0.25) is 10.1 Å². The van der Waals surface area contributed by atoms with Crippen LogP contribution in [0.5, 0.6) is 0 Å². The number of hydrogen-bond acceptors (Lipinski definition) is 7. The Morgan fingerprint density at radius 1 is 1.39 bits per heavy atom. The van der Waals surface area contributed by atoms with Crippen molar-refractivity contribution < 1.29 is 9.53 Å². The van der Waals surface area contributed by atoms with E-state index in [0.717, 1.165) is 43.0 Å². The van der Waals surface area contributed by atoms with E-state index in [9.17, 15) is 4.79 Å². The first-order valence-corrected chi connectivity index (χ1v) is 8.68. The zero-order chi connectivity index (χ0) is 15.8. The van der Waals surface area contributed by atoms with Crippen LogP contribution in [0.25, 0.3) is 0 Å². The molecule has 4 rings (SSSR count). The Morgan fingerprint density at radius 2 is 2.26 bits per heavy atom. The Hall–Kier alpha value is -1.87. The Bertz CT molecular complexity index is 717. The van der Waals surface area contributed by atoms with Crippen LogP contribution in [0.15, 0.2) is 0 Å². The Balaban J connectivity index is 1.51. The SMILES string of the molecule is Cc1nc(C2CCCOC2)sc1C(=O)Nc1nnnn1C1CC1. The first-order chi connectivity index (χ1) is 11.2. The lowest BCUT2D eigenvalue weighted by atomic mass is 10.0. The molecule has 1 saturated heterocycles. The van der Waals surface area contributed by atoms with Crippen molar-refractivity contribution in [1.29, 1.82) is 0 Å². The molecule has 2 aromatic heterocycles.